The number of Topliss-reactive ketones (excluding diaryl/α,β-unsaturated/α-hetero) is 1. The van der Waals surface area contributed by atoms with Crippen LogP contribution in [0, 0.1) is 20.8 Å². The van der Waals surface area contributed by atoms with Gasteiger partial charge in [0.2, 0.25) is 11.5 Å². The number of aliphatic hydroxyl groups is 1. The Morgan fingerprint density at radius 2 is 1.53 bits per heavy atom. The highest BCUT2D eigenvalue weighted by molar-refractivity contribution is 7.17. The molecule has 1 N–H and O–H groups in total. The summed E-state index contributed by atoms with van der Waals surface area (Å²) < 4.78 is 21.2. The lowest BCUT2D eigenvalue weighted by Crippen LogP contribution is -2.31. The number of hydrogen-bond donors (Lipinski definition) is 1. The number of aliphatic hydroxyl groups excluding tert-OH is 1. The van der Waals surface area contributed by atoms with E-state index < -0.39 is 29.5 Å². The first kappa shape index (κ1) is 27.1. The predicted molar refractivity (Wildman–Crippen MR) is 140 cm³/mol. The van der Waals surface area contributed by atoms with Gasteiger partial charge in [-0.1, -0.05) is 11.3 Å². The molecular formula is C25H25N3O8S2. The van der Waals surface area contributed by atoms with Gasteiger partial charge in [0, 0.05) is 0 Å². The summed E-state index contributed by atoms with van der Waals surface area (Å²) in [6.45, 7) is 5.05. The van der Waals surface area contributed by atoms with E-state index in [1.807, 2.05) is 0 Å². The van der Waals surface area contributed by atoms with Gasteiger partial charge in [-0.15, -0.1) is 11.3 Å². The van der Waals surface area contributed by atoms with Crippen LogP contribution in [0.3, 0.4) is 0 Å². The summed E-state index contributed by atoms with van der Waals surface area (Å²) in [6, 6.07) is 2.04. The van der Waals surface area contributed by atoms with E-state index in [2.05, 4.69) is 9.97 Å². The number of aromatic nitrogens is 2. The van der Waals surface area contributed by atoms with E-state index in [0.717, 1.165) is 22.7 Å². The molecule has 1 amide bonds. The van der Waals surface area contributed by atoms with Crippen LogP contribution in [0.15, 0.2) is 23.5 Å². The van der Waals surface area contributed by atoms with Gasteiger partial charge in [0.25, 0.3) is 5.91 Å². The second kappa shape index (κ2) is 10.4. The second-order valence-electron chi connectivity index (χ2n) is 8.18. The number of ether oxygens (including phenoxy) is 4. The minimum Gasteiger partial charge on any atom is -0.503 e. The van der Waals surface area contributed by atoms with E-state index in [9.17, 15) is 19.5 Å². The van der Waals surface area contributed by atoms with Gasteiger partial charge < -0.3 is 24.1 Å². The van der Waals surface area contributed by atoms with E-state index in [1.165, 1.54) is 33.3 Å². The van der Waals surface area contributed by atoms with E-state index in [0.29, 0.717) is 32.6 Å². The first-order valence-corrected chi connectivity index (χ1v) is 12.8. The summed E-state index contributed by atoms with van der Waals surface area (Å²) in [7, 11) is 5.57. The van der Waals surface area contributed by atoms with E-state index >= 15 is 0 Å². The molecular weight excluding hydrogens is 534 g/mol. The maximum absolute atomic E-state index is 13.9. The minimum atomic E-state index is -1.14. The fourth-order valence-electron chi connectivity index (χ4n) is 4.24. The number of benzene rings is 1. The average molecular weight is 560 g/mol. The van der Waals surface area contributed by atoms with Crippen molar-refractivity contribution in [2.75, 3.05) is 33.3 Å². The van der Waals surface area contributed by atoms with Gasteiger partial charge in [-0.05, 0) is 38.5 Å². The predicted octanol–water partition coefficient (Wildman–Crippen LogP) is 4.12. The molecule has 0 saturated carbocycles. The fourth-order valence-corrected chi connectivity index (χ4v) is 6.13. The fraction of sp³-hybridized carbons (Fsp3) is 0.320. The highest BCUT2D eigenvalue weighted by Crippen LogP contribution is 2.48. The number of carbonyl (C=O) groups excluding carboxylic acids is 3. The van der Waals surface area contributed by atoms with Crippen molar-refractivity contribution >= 4 is 45.5 Å². The van der Waals surface area contributed by atoms with E-state index in [4.69, 9.17) is 18.9 Å². The third kappa shape index (κ3) is 4.37. The van der Waals surface area contributed by atoms with Crippen molar-refractivity contribution in [2.24, 2.45) is 0 Å². The summed E-state index contributed by atoms with van der Waals surface area (Å²) >= 11 is 2.07. The quantitative estimate of drug-likeness (QED) is 0.317. The van der Waals surface area contributed by atoms with Crippen molar-refractivity contribution in [1.29, 1.82) is 0 Å². The van der Waals surface area contributed by atoms with Crippen LogP contribution >= 0.6 is 22.7 Å². The number of thiazole rings is 2. The van der Waals surface area contributed by atoms with Crippen LogP contribution < -0.4 is 19.1 Å². The lowest BCUT2D eigenvalue weighted by atomic mass is 9.94. The van der Waals surface area contributed by atoms with Crippen molar-refractivity contribution < 1.29 is 38.4 Å². The molecule has 3 heterocycles. The van der Waals surface area contributed by atoms with Gasteiger partial charge in [-0.25, -0.2) is 14.8 Å². The molecule has 0 radical (unpaired) electrons. The second-order valence-corrected chi connectivity index (χ2v) is 10.4. The summed E-state index contributed by atoms with van der Waals surface area (Å²) in [4.78, 5) is 50.0. The standard InChI is InChI=1S/C25H25N3O8S2/c1-10-21(37-12(3)26-10)18(29)16-17(13-8-14(33-4)20(35-6)15(9-13)34-5)28(23(31)19(16)30)25-27-11(2)22(38-25)24(32)36-7/h8-9,17,30H,1-7H3. The van der Waals surface area contributed by atoms with E-state index in [-0.39, 0.29) is 27.1 Å². The largest absolute Gasteiger partial charge is 0.503 e. The number of ketones is 1. The summed E-state index contributed by atoms with van der Waals surface area (Å²) in [6.07, 6.45) is 0. The maximum atomic E-state index is 13.9. The van der Waals surface area contributed by atoms with Crippen LogP contribution in [0.4, 0.5) is 5.13 Å². The molecule has 0 saturated heterocycles. The number of carbonyl (C=O) groups is 3. The van der Waals surface area contributed by atoms with Gasteiger partial charge in [-0.2, -0.15) is 0 Å². The highest BCUT2D eigenvalue weighted by Gasteiger charge is 2.47. The zero-order valence-electron chi connectivity index (χ0n) is 21.7. The lowest BCUT2D eigenvalue weighted by molar-refractivity contribution is -0.117. The Morgan fingerprint density at radius 1 is 0.921 bits per heavy atom. The topological polar surface area (TPSA) is 137 Å². The molecule has 1 atom stereocenters. The Bertz CT molecular complexity index is 1460. The molecule has 4 rings (SSSR count). The zero-order valence-corrected chi connectivity index (χ0v) is 23.3. The van der Waals surface area contributed by atoms with Crippen LogP contribution in [0.1, 0.15) is 47.3 Å². The van der Waals surface area contributed by atoms with Crippen molar-refractivity contribution in [1.82, 2.24) is 9.97 Å². The molecule has 1 aliphatic heterocycles. The Kier molecular flexibility index (Phi) is 7.42. The van der Waals surface area contributed by atoms with Crippen LogP contribution in [-0.2, 0) is 9.53 Å². The van der Waals surface area contributed by atoms with Crippen molar-refractivity contribution in [3.05, 3.63) is 55.2 Å². The van der Waals surface area contributed by atoms with Gasteiger partial charge in [0.15, 0.2) is 22.4 Å². The molecule has 11 nitrogen and oxygen atoms in total. The monoisotopic (exact) mass is 559 g/mol. The molecule has 0 fully saturated rings. The van der Waals surface area contributed by atoms with E-state index in [1.54, 1.807) is 32.9 Å². The molecule has 38 heavy (non-hydrogen) atoms. The van der Waals surface area contributed by atoms with Gasteiger partial charge in [-0.3, -0.25) is 14.5 Å². The Hall–Kier alpha value is -3.97. The number of anilines is 1. The molecule has 200 valence electrons. The van der Waals surface area contributed by atoms with Gasteiger partial charge >= 0.3 is 5.97 Å². The zero-order chi connectivity index (χ0) is 27.9. The highest BCUT2D eigenvalue weighted by atomic mass is 32.1. The Labute approximate surface area is 226 Å². The van der Waals surface area contributed by atoms with Crippen molar-refractivity contribution in [3.63, 3.8) is 0 Å². The molecule has 0 spiro atoms. The SMILES string of the molecule is COC(=O)c1sc(N2C(=O)C(O)=C(C(=O)c3sc(C)nc3C)C2c2cc(OC)c(OC)c(OC)c2)nc1C. The van der Waals surface area contributed by atoms with Crippen LogP contribution in [0.2, 0.25) is 0 Å². The summed E-state index contributed by atoms with van der Waals surface area (Å²) in [5.74, 6) is -1.88. The van der Waals surface area contributed by atoms with Gasteiger partial charge in [0.1, 0.15) is 4.88 Å². The molecule has 1 aromatic carbocycles. The van der Waals surface area contributed by atoms with Crippen LogP contribution in [-0.4, -0.2) is 61.2 Å². The van der Waals surface area contributed by atoms with Crippen LogP contribution in [0.25, 0.3) is 0 Å². The van der Waals surface area contributed by atoms with Gasteiger partial charge in [0.05, 0.1) is 61.3 Å². The molecule has 0 bridgehead atoms. The third-order valence-electron chi connectivity index (χ3n) is 5.93. The molecule has 1 aliphatic rings. The number of rotatable bonds is 8. The molecule has 0 aliphatic carbocycles. The maximum Gasteiger partial charge on any atom is 0.350 e. The molecule has 13 heteroatoms. The number of aryl methyl sites for hydroxylation is 3. The van der Waals surface area contributed by atoms with Crippen LogP contribution in [0.5, 0.6) is 17.2 Å². The number of esters is 1. The summed E-state index contributed by atoms with van der Waals surface area (Å²) in [5, 5.41) is 11.8. The normalized spacial score (nSPS) is 15.2. The number of nitrogens with zero attached hydrogens (tertiary/aromatic N) is 3. The first-order valence-electron chi connectivity index (χ1n) is 11.2. The summed E-state index contributed by atoms with van der Waals surface area (Å²) in [5.41, 5.74) is 1.03. The third-order valence-corrected chi connectivity index (χ3v) is 8.14. The average Bonchev–Trinajstić information content (AvgIpc) is 3.54. The molecule has 2 aromatic heterocycles. The number of hydrogen-bond acceptors (Lipinski definition) is 12. The number of amides is 1. The number of methoxy groups -OCH3 is 4. The first-order chi connectivity index (χ1) is 18.1. The van der Waals surface area contributed by atoms with Crippen molar-refractivity contribution in [2.45, 2.75) is 26.8 Å². The van der Waals surface area contributed by atoms with Crippen molar-refractivity contribution in [3.8, 4) is 17.2 Å². The molecule has 3 aromatic rings. The minimum absolute atomic E-state index is 0.0956. The molecule has 1 unspecified atom stereocenters. The smallest absolute Gasteiger partial charge is 0.350 e. The Morgan fingerprint density at radius 3 is 2.03 bits per heavy atom. The Balaban J connectivity index is 1.98. The lowest BCUT2D eigenvalue weighted by Gasteiger charge is -2.25.